The largest absolute Gasteiger partial charge is 0.486 e. The molecule has 2 rings (SSSR count). The van der Waals surface area contributed by atoms with Crippen molar-refractivity contribution in [1.29, 1.82) is 0 Å². The van der Waals surface area contributed by atoms with Gasteiger partial charge in [-0.3, -0.25) is 0 Å². The Morgan fingerprint density at radius 1 is 1.29 bits per heavy atom. The van der Waals surface area contributed by atoms with Gasteiger partial charge in [-0.15, -0.1) is 0 Å². The van der Waals surface area contributed by atoms with Crippen molar-refractivity contribution in [2.45, 2.75) is 38.3 Å². The number of rotatable bonds is 3. The number of hydrogen-bond donors (Lipinski definition) is 1. The van der Waals surface area contributed by atoms with Crippen LogP contribution in [0.1, 0.15) is 31.7 Å². The summed E-state index contributed by atoms with van der Waals surface area (Å²) in [4.78, 5) is 0. The van der Waals surface area contributed by atoms with E-state index in [0.29, 0.717) is 12.5 Å². The lowest BCUT2D eigenvalue weighted by atomic mass is 10.0. The summed E-state index contributed by atoms with van der Waals surface area (Å²) >= 11 is 0. The molecule has 1 saturated heterocycles. The highest BCUT2D eigenvalue weighted by Gasteiger charge is 2.23. The van der Waals surface area contributed by atoms with Gasteiger partial charge in [0.05, 0.1) is 6.61 Å². The van der Waals surface area contributed by atoms with Crippen molar-refractivity contribution in [2.75, 3.05) is 13.2 Å². The van der Waals surface area contributed by atoms with E-state index in [9.17, 15) is 0 Å². The summed E-state index contributed by atoms with van der Waals surface area (Å²) in [7, 11) is 0. The van der Waals surface area contributed by atoms with Gasteiger partial charge in [0.15, 0.2) is 0 Å². The molecule has 2 unspecified atom stereocenters. The Bertz CT molecular complexity index is 348. The Kier molecular flexibility index (Phi) is 4.02. The van der Waals surface area contributed by atoms with Gasteiger partial charge in [0.25, 0.3) is 0 Å². The van der Waals surface area contributed by atoms with E-state index in [-0.39, 0.29) is 12.1 Å². The van der Waals surface area contributed by atoms with Gasteiger partial charge in [-0.05, 0) is 30.0 Å². The average Bonchev–Trinajstić information content (AvgIpc) is 2.33. The lowest BCUT2D eigenvalue weighted by Crippen LogP contribution is -2.46. The zero-order chi connectivity index (χ0) is 12.3. The standard InChI is InChI=1S/C14H21NO2/c1-10(2)11-3-5-12(6-4-11)17-14-9-16-8-7-13(14)15/h3-6,10,13-14H,7-9,15H2,1-2H3. The maximum absolute atomic E-state index is 6.00. The normalized spacial score (nSPS) is 24.9. The van der Waals surface area contributed by atoms with E-state index in [1.807, 2.05) is 12.1 Å². The van der Waals surface area contributed by atoms with Crippen molar-refractivity contribution in [1.82, 2.24) is 0 Å². The second-order valence-corrected chi connectivity index (χ2v) is 4.91. The Balaban J connectivity index is 1.98. The first-order valence-electron chi connectivity index (χ1n) is 6.27. The summed E-state index contributed by atoms with van der Waals surface area (Å²) in [5, 5.41) is 0. The van der Waals surface area contributed by atoms with Crippen LogP contribution in [0.25, 0.3) is 0 Å². The second kappa shape index (κ2) is 5.52. The first kappa shape index (κ1) is 12.4. The molecule has 0 bridgehead atoms. The molecule has 1 aromatic rings. The molecular weight excluding hydrogens is 214 g/mol. The molecular formula is C14H21NO2. The molecule has 1 heterocycles. The third-order valence-corrected chi connectivity index (χ3v) is 3.19. The average molecular weight is 235 g/mol. The van der Waals surface area contributed by atoms with Crippen LogP contribution >= 0.6 is 0 Å². The van der Waals surface area contributed by atoms with E-state index in [1.54, 1.807) is 0 Å². The van der Waals surface area contributed by atoms with Crippen LogP contribution in [-0.4, -0.2) is 25.4 Å². The fourth-order valence-corrected chi connectivity index (χ4v) is 1.96. The molecule has 0 spiro atoms. The Morgan fingerprint density at radius 2 is 2.00 bits per heavy atom. The summed E-state index contributed by atoms with van der Waals surface area (Å²) in [5.41, 5.74) is 7.32. The van der Waals surface area contributed by atoms with Gasteiger partial charge in [-0.25, -0.2) is 0 Å². The molecule has 0 aromatic heterocycles. The topological polar surface area (TPSA) is 44.5 Å². The van der Waals surface area contributed by atoms with Gasteiger partial charge in [0, 0.05) is 12.6 Å². The molecule has 0 saturated carbocycles. The molecule has 1 aromatic carbocycles. The molecule has 3 heteroatoms. The van der Waals surface area contributed by atoms with Crippen LogP contribution in [0, 0.1) is 0 Å². The molecule has 0 radical (unpaired) electrons. The summed E-state index contributed by atoms with van der Waals surface area (Å²) in [6, 6.07) is 8.31. The fraction of sp³-hybridized carbons (Fsp3) is 0.571. The van der Waals surface area contributed by atoms with Crippen LogP contribution in [0.4, 0.5) is 0 Å². The third kappa shape index (κ3) is 3.20. The molecule has 1 aliphatic heterocycles. The highest BCUT2D eigenvalue weighted by atomic mass is 16.5. The maximum atomic E-state index is 6.00. The summed E-state index contributed by atoms with van der Waals surface area (Å²) in [6.07, 6.45) is 0.850. The van der Waals surface area contributed by atoms with E-state index in [2.05, 4.69) is 26.0 Å². The van der Waals surface area contributed by atoms with Crippen molar-refractivity contribution in [3.63, 3.8) is 0 Å². The second-order valence-electron chi connectivity index (χ2n) is 4.91. The van der Waals surface area contributed by atoms with E-state index in [1.165, 1.54) is 5.56 Å². The number of ether oxygens (including phenoxy) is 2. The molecule has 2 atom stereocenters. The zero-order valence-corrected chi connectivity index (χ0v) is 10.6. The molecule has 1 fully saturated rings. The van der Waals surface area contributed by atoms with Crippen molar-refractivity contribution in [2.24, 2.45) is 5.73 Å². The zero-order valence-electron chi connectivity index (χ0n) is 10.6. The predicted octanol–water partition coefficient (Wildman–Crippen LogP) is 2.31. The van der Waals surface area contributed by atoms with Gasteiger partial charge in [0.1, 0.15) is 11.9 Å². The predicted molar refractivity (Wildman–Crippen MR) is 68.4 cm³/mol. The van der Waals surface area contributed by atoms with Crippen LogP contribution in [0.5, 0.6) is 5.75 Å². The SMILES string of the molecule is CC(C)c1ccc(OC2COCCC2N)cc1. The quantitative estimate of drug-likeness (QED) is 0.874. The van der Waals surface area contributed by atoms with Crippen LogP contribution in [0.3, 0.4) is 0 Å². The first-order valence-corrected chi connectivity index (χ1v) is 6.27. The minimum atomic E-state index is -0.0198. The van der Waals surface area contributed by atoms with Gasteiger partial charge in [-0.2, -0.15) is 0 Å². The summed E-state index contributed by atoms with van der Waals surface area (Å²) < 4.78 is 11.2. The van der Waals surface area contributed by atoms with Crippen LogP contribution < -0.4 is 10.5 Å². The number of nitrogens with two attached hydrogens (primary N) is 1. The molecule has 0 aliphatic carbocycles. The Hall–Kier alpha value is -1.06. The highest BCUT2D eigenvalue weighted by Crippen LogP contribution is 2.21. The fourth-order valence-electron chi connectivity index (χ4n) is 1.96. The maximum Gasteiger partial charge on any atom is 0.137 e. The summed E-state index contributed by atoms with van der Waals surface area (Å²) in [6.45, 7) is 5.70. The lowest BCUT2D eigenvalue weighted by Gasteiger charge is -2.29. The third-order valence-electron chi connectivity index (χ3n) is 3.19. The van der Waals surface area contributed by atoms with E-state index >= 15 is 0 Å². The molecule has 2 N–H and O–H groups in total. The van der Waals surface area contributed by atoms with E-state index in [4.69, 9.17) is 15.2 Å². The lowest BCUT2D eigenvalue weighted by molar-refractivity contribution is -0.00532. The van der Waals surface area contributed by atoms with Gasteiger partial charge in [-0.1, -0.05) is 26.0 Å². The number of hydrogen-bond acceptors (Lipinski definition) is 3. The number of benzene rings is 1. The van der Waals surface area contributed by atoms with E-state index < -0.39 is 0 Å². The molecule has 0 amide bonds. The summed E-state index contributed by atoms with van der Waals surface area (Å²) in [5.74, 6) is 1.42. The monoisotopic (exact) mass is 235 g/mol. The minimum Gasteiger partial charge on any atom is -0.486 e. The molecule has 3 nitrogen and oxygen atoms in total. The van der Waals surface area contributed by atoms with Crippen molar-refractivity contribution in [3.05, 3.63) is 29.8 Å². The van der Waals surface area contributed by atoms with Crippen molar-refractivity contribution in [3.8, 4) is 5.75 Å². The smallest absolute Gasteiger partial charge is 0.137 e. The minimum absolute atomic E-state index is 0.0198. The molecule has 17 heavy (non-hydrogen) atoms. The molecule has 94 valence electrons. The van der Waals surface area contributed by atoms with Crippen LogP contribution in [0.2, 0.25) is 0 Å². The van der Waals surface area contributed by atoms with Gasteiger partial charge in [0.2, 0.25) is 0 Å². The molecule has 1 aliphatic rings. The van der Waals surface area contributed by atoms with Gasteiger partial charge >= 0.3 is 0 Å². The Labute approximate surface area is 103 Å². The van der Waals surface area contributed by atoms with E-state index in [0.717, 1.165) is 18.8 Å². The van der Waals surface area contributed by atoms with Crippen molar-refractivity contribution >= 4 is 0 Å². The first-order chi connectivity index (χ1) is 8.16. The van der Waals surface area contributed by atoms with Crippen LogP contribution in [-0.2, 0) is 4.74 Å². The van der Waals surface area contributed by atoms with Crippen LogP contribution in [0.15, 0.2) is 24.3 Å². The Morgan fingerprint density at radius 3 is 2.59 bits per heavy atom. The highest BCUT2D eigenvalue weighted by molar-refractivity contribution is 5.29. The van der Waals surface area contributed by atoms with Crippen molar-refractivity contribution < 1.29 is 9.47 Å². The van der Waals surface area contributed by atoms with Gasteiger partial charge < -0.3 is 15.2 Å².